The van der Waals surface area contributed by atoms with Crippen LogP contribution in [0, 0.1) is 5.41 Å². The highest BCUT2D eigenvalue weighted by molar-refractivity contribution is 5.85. The smallest absolute Gasteiger partial charge is 0.0170 e. The summed E-state index contributed by atoms with van der Waals surface area (Å²) in [6, 6.07) is 10.8. The summed E-state index contributed by atoms with van der Waals surface area (Å²) in [5, 5.41) is 0. The Bertz CT molecular complexity index is 314. The molecule has 0 aromatic heterocycles. The Labute approximate surface area is 91.1 Å². The van der Waals surface area contributed by atoms with E-state index < -0.39 is 0 Å². The standard InChI is InChI=1S/C12H15N.ClH/c13-12-7-11(8-12,9-12)6-10-4-2-1-3-5-10;/h1-5H,6-9,13H2;1H. The van der Waals surface area contributed by atoms with E-state index in [0.717, 1.165) is 0 Å². The molecule has 0 amide bonds. The molecular weight excluding hydrogens is 194 g/mol. The van der Waals surface area contributed by atoms with E-state index in [1.807, 2.05) is 0 Å². The molecule has 3 aliphatic rings. The zero-order chi connectivity index (χ0) is 8.94. The predicted octanol–water partition coefficient (Wildman–Crippen LogP) is 2.53. The molecule has 3 aliphatic carbocycles. The average Bonchev–Trinajstić information content (AvgIpc) is 2.02. The molecule has 1 aromatic rings. The summed E-state index contributed by atoms with van der Waals surface area (Å²) in [7, 11) is 0. The summed E-state index contributed by atoms with van der Waals surface area (Å²) in [6.07, 6.45) is 5.02. The minimum atomic E-state index is 0. The fourth-order valence-electron chi connectivity index (χ4n) is 3.30. The second-order valence-electron chi connectivity index (χ2n) is 5.06. The SMILES string of the molecule is Cl.NC12CC(Cc3ccccc3)(C1)C2. The number of hydrogen-bond donors (Lipinski definition) is 1. The molecule has 0 aliphatic heterocycles. The molecule has 0 heterocycles. The van der Waals surface area contributed by atoms with Crippen LogP contribution in [0.2, 0.25) is 0 Å². The minimum absolute atomic E-state index is 0. The Morgan fingerprint density at radius 2 is 1.64 bits per heavy atom. The van der Waals surface area contributed by atoms with Crippen molar-refractivity contribution in [1.82, 2.24) is 0 Å². The van der Waals surface area contributed by atoms with Crippen molar-refractivity contribution >= 4 is 12.4 Å². The number of nitrogens with two attached hydrogens (primary N) is 1. The molecule has 2 heteroatoms. The van der Waals surface area contributed by atoms with Crippen LogP contribution in [0.5, 0.6) is 0 Å². The Balaban J connectivity index is 0.000000750. The van der Waals surface area contributed by atoms with Crippen molar-refractivity contribution in [3.05, 3.63) is 35.9 Å². The molecule has 0 saturated heterocycles. The van der Waals surface area contributed by atoms with Crippen LogP contribution in [0.25, 0.3) is 0 Å². The van der Waals surface area contributed by atoms with Gasteiger partial charge in [-0.3, -0.25) is 0 Å². The van der Waals surface area contributed by atoms with Gasteiger partial charge >= 0.3 is 0 Å². The van der Waals surface area contributed by atoms with Crippen molar-refractivity contribution in [3.8, 4) is 0 Å². The molecule has 1 aromatic carbocycles. The Morgan fingerprint density at radius 1 is 1.07 bits per heavy atom. The van der Waals surface area contributed by atoms with Gasteiger partial charge in [0.05, 0.1) is 0 Å². The Kier molecular flexibility index (Phi) is 2.13. The van der Waals surface area contributed by atoms with Crippen molar-refractivity contribution in [2.24, 2.45) is 11.1 Å². The predicted molar refractivity (Wildman–Crippen MR) is 60.6 cm³/mol. The van der Waals surface area contributed by atoms with Crippen LogP contribution >= 0.6 is 12.4 Å². The van der Waals surface area contributed by atoms with Crippen LogP contribution in [-0.2, 0) is 6.42 Å². The van der Waals surface area contributed by atoms with Gasteiger partial charge in [0.1, 0.15) is 0 Å². The van der Waals surface area contributed by atoms with E-state index in [2.05, 4.69) is 30.3 Å². The van der Waals surface area contributed by atoms with Gasteiger partial charge in [-0.05, 0) is 36.7 Å². The first-order chi connectivity index (χ1) is 6.20. The highest BCUT2D eigenvalue weighted by atomic mass is 35.5. The maximum atomic E-state index is 6.03. The highest BCUT2D eigenvalue weighted by Gasteiger charge is 2.65. The maximum Gasteiger partial charge on any atom is 0.0170 e. The highest BCUT2D eigenvalue weighted by Crippen LogP contribution is 2.67. The quantitative estimate of drug-likeness (QED) is 0.796. The molecule has 1 nitrogen and oxygen atoms in total. The molecule has 14 heavy (non-hydrogen) atoms. The minimum Gasteiger partial charge on any atom is -0.325 e. The van der Waals surface area contributed by atoms with Gasteiger partial charge in [0.15, 0.2) is 0 Å². The van der Waals surface area contributed by atoms with Gasteiger partial charge in [0, 0.05) is 5.54 Å². The van der Waals surface area contributed by atoms with Gasteiger partial charge in [0.2, 0.25) is 0 Å². The van der Waals surface area contributed by atoms with Crippen LogP contribution in [0.15, 0.2) is 30.3 Å². The fraction of sp³-hybridized carbons (Fsp3) is 0.500. The van der Waals surface area contributed by atoms with Crippen molar-refractivity contribution in [2.75, 3.05) is 0 Å². The summed E-state index contributed by atoms with van der Waals surface area (Å²) in [6.45, 7) is 0. The third-order valence-electron chi connectivity index (χ3n) is 3.60. The third kappa shape index (κ3) is 1.35. The first-order valence-electron chi connectivity index (χ1n) is 5.03. The molecule has 4 rings (SSSR count). The molecule has 2 bridgehead atoms. The van der Waals surface area contributed by atoms with Crippen molar-refractivity contribution in [2.45, 2.75) is 31.2 Å². The van der Waals surface area contributed by atoms with Crippen LogP contribution in [0.3, 0.4) is 0 Å². The maximum absolute atomic E-state index is 6.03. The number of hydrogen-bond acceptors (Lipinski definition) is 1. The normalized spacial score (nSPS) is 37.8. The molecule has 0 atom stereocenters. The van der Waals surface area contributed by atoms with Gasteiger partial charge in [-0.1, -0.05) is 30.3 Å². The topological polar surface area (TPSA) is 26.0 Å². The Hall–Kier alpha value is -0.530. The lowest BCUT2D eigenvalue weighted by atomic mass is 9.38. The average molecular weight is 210 g/mol. The molecule has 3 saturated carbocycles. The zero-order valence-corrected chi connectivity index (χ0v) is 9.02. The molecular formula is C12H16ClN. The first kappa shape index (κ1) is 10.0. The lowest BCUT2D eigenvalue weighted by Crippen LogP contribution is -2.72. The van der Waals surface area contributed by atoms with E-state index >= 15 is 0 Å². The Morgan fingerprint density at radius 3 is 2.14 bits per heavy atom. The summed E-state index contributed by atoms with van der Waals surface area (Å²) >= 11 is 0. The molecule has 2 N–H and O–H groups in total. The van der Waals surface area contributed by atoms with E-state index in [-0.39, 0.29) is 17.9 Å². The van der Waals surface area contributed by atoms with Crippen LogP contribution in [0.4, 0.5) is 0 Å². The van der Waals surface area contributed by atoms with E-state index in [1.165, 1.54) is 31.2 Å². The summed E-state index contributed by atoms with van der Waals surface area (Å²) in [4.78, 5) is 0. The fourth-order valence-corrected chi connectivity index (χ4v) is 3.30. The molecule has 0 radical (unpaired) electrons. The second-order valence-corrected chi connectivity index (χ2v) is 5.06. The molecule has 0 unspecified atom stereocenters. The number of halogens is 1. The van der Waals surface area contributed by atoms with Crippen LogP contribution in [-0.4, -0.2) is 5.54 Å². The van der Waals surface area contributed by atoms with Gasteiger partial charge in [-0.2, -0.15) is 0 Å². The van der Waals surface area contributed by atoms with Gasteiger partial charge in [0.25, 0.3) is 0 Å². The lowest BCUT2D eigenvalue weighted by Gasteiger charge is -2.69. The van der Waals surface area contributed by atoms with Gasteiger partial charge in [-0.25, -0.2) is 0 Å². The van der Waals surface area contributed by atoms with Gasteiger partial charge in [-0.15, -0.1) is 12.4 Å². The largest absolute Gasteiger partial charge is 0.325 e. The van der Waals surface area contributed by atoms with E-state index in [0.29, 0.717) is 5.41 Å². The van der Waals surface area contributed by atoms with E-state index in [9.17, 15) is 0 Å². The van der Waals surface area contributed by atoms with Crippen molar-refractivity contribution in [1.29, 1.82) is 0 Å². The number of benzene rings is 1. The lowest BCUT2D eigenvalue weighted by molar-refractivity contribution is -0.130. The van der Waals surface area contributed by atoms with E-state index in [1.54, 1.807) is 0 Å². The van der Waals surface area contributed by atoms with E-state index in [4.69, 9.17) is 5.73 Å². The summed E-state index contributed by atoms with van der Waals surface area (Å²) in [5.41, 5.74) is 8.37. The van der Waals surface area contributed by atoms with Crippen molar-refractivity contribution in [3.63, 3.8) is 0 Å². The van der Waals surface area contributed by atoms with Crippen molar-refractivity contribution < 1.29 is 0 Å². The molecule has 0 spiro atoms. The van der Waals surface area contributed by atoms with Crippen LogP contribution in [0.1, 0.15) is 24.8 Å². The first-order valence-corrected chi connectivity index (χ1v) is 5.03. The summed E-state index contributed by atoms with van der Waals surface area (Å²) in [5.74, 6) is 0. The monoisotopic (exact) mass is 209 g/mol. The second kappa shape index (κ2) is 2.98. The zero-order valence-electron chi connectivity index (χ0n) is 8.20. The van der Waals surface area contributed by atoms with Crippen LogP contribution < -0.4 is 5.73 Å². The van der Waals surface area contributed by atoms with Gasteiger partial charge < -0.3 is 5.73 Å². The molecule has 3 fully saturated rings. The number of rotatable bonds is 2. The molecule has 76 valence electrons. The summed E-state index contributed by atoms with van der Waals surface area (Å²) < 4.78 is 0. The third-order valence-corrected chi connectivity index (χ3v) is 3.60.